The Balaban J connectivity index is 3.29. The van der Waals surface area contributed by atoms with E-state index in [1.54, 1.807) is 0 Å². The van der Waals surface area contributed by atoms with E-state index in [2.05, 4.69) is 11.8 Å². The standard InChI is InChI=1S/C7H11ClO2/c8-5-3-1-2-4-7(10)6-9/h7,9-10H,1,3,5-6H2. The van der Waals surface area contributed by atoms with E-state index in [-0.39, 0.29) is 6.61 Å². The van der Waals surface area contributed by atoms with E-state index in [4.69, 9.17) is 21.8 Å². The van der Waals surface area contributed by atoms with Gasteiger partial charge in [0.2, 0.25) is 0 Å². The monoisotopic (exact) mass is 162 g/mol. The third kappa shape index (κ3) is 5.90. The van der Waals surface area contributed by atoms with Gasteiger partial charge in [-0.1, -0.05) is 5.92 Å². The maximum absolute atomic E-state index is 8.70. The topological polar surface area (TPSA) is 40.5 Å². The third-order valence-corrected chi connectivity index (χ3v) is 1.14. The van der Waals surface area contributed by atoms with E-state index in [0.29, 0.717) is 12.3 Å². The Kier molecular flexibility index (Phi) is 6.73. The van der Waals surface area contributed by atoms with E-state index < -0.39 is 6.10 Å². The molecule has 0 saturated heterocycles. The van der Waals surface area contributed by atoms with Gasteiger partial charge in [-0.2, -0.15) is 0 Å². The van der Waals surface area contributed by atoms with Crippen LogP contribution in [0.25, 0.3) is 0 Å². The number of hydrogen-bond acceptors (Lipinski definition) is 2. The van der Waals surface area contributed by atoms with Crippen molar-refractivity contribution in [1.82, 2.24) is 0 Å². The van der Waals surface area contributed by atoms with Gasteiger partial charge >= 0.3 is 0 Å². The normalized spacial score (nSPS) is 11.9. The van der Waals surface area contributed by atoms with Crippen LogP contribution in [-0.4, -0.2) is 28.8 Å². The molecular formula is C7H11ClO2. The van der Waals surface area contributed by atoms with Crippen molar-refractivity contribution in [2.75, 3.05) is 12.5 Å². The Morgan fingerprint density at radius 3 is 2.70 bits per heavy atom. The number of unbranched alkanes of at least 4 members (excludes halogenated alkanes) is 1. The van der Waals surface area contributed by atoms with Crippen LogP contribution >= 0.6 is 11.6 Å². The highest BCUT2D eigenvalue weighted by Crippen LogP contribution is 1.89. The second kappa shape index (κ2) is 6.88. The Hall–Kier alpha value is -0.230. The van der Waals surface area contributed by atoms with Crippen LogP contribution in [0.15, 0.2) is 0 Å². The first-order chi connectivity index (χ1) is 4.81. The van der Waals surface area contributed by atoms with Crippen LogP contribution < -0.4 is 0 Å². The molecule has 0 saturated carbocycles. The summed E-state index contributed by atoms with van der Waals surface area (Å²) in [6.07, 6.45) is 0.614. The first-order valence-corrected chi connectivity index (χ1v) is 3.68. The molecule has 0 heterocycles. The van der Waals surface area contributed by atoms with Crippen molar-refractivity contribution in [2.45, 2.75) is 18.9 Å². The van der Waals surface area contributed by atoms with Gasteiger partial charge in [-0.3, -0.25) is 0 Å². The van der Waals surface area contributed by atoms with E-state index in [1.165, 1.54) is 0 Å². The van der Waals surface area contributed by atoms with E-state index in [0.717, 1.165) is 6.42 Å². The summed E-state index contributed by atoms with van der Waals surface area (Å²) >= 11 is 5.37. The lowest BCUT2D eigenvalue weighted by atomic mass is 10.3. The van der Waals surface area contributed by atoms with Crippen LogP contribution in [-0.2, 0) is 0 Å². The van der Waals surface area contributed by atoms with Crippen molar-refractivity contribution < 1.29 is 10.2 Å². The molecule has 0 aromatic carbocycles. The molecule has 0 aromatic heterocycles. The maximum Gasteiger partial charge on any atom is 0.137 e. The summed E-state index contributed by atoms with van der Waals surface area (Å²) < 4.78 is 0. The smallest absolute Gasteiger partial charge is 0.137 e. The molecule has 0 radical (unpaired) electrons. The lowest BCUT2D eigenvalue weighted by Crippen LogP contribution is -2.07. The van der Waals surface area contributed by atoms with Crippen molar-refractivity contribution >= 4 is 11.6 Å². The predicted molar refractivity (Wildman–Crippen MR) is 40.8 cm³/mol. The summed E-state index contributed by atoms with van der Waals surface area (Å²) in [5, 5.41) is 17.0. The highest BCUT2D eigenvalue weighted by atomic mass is 35.5. The van der Waals surface area contributed by atoms with Gasteiger partial charge in [-0.15, -0.1) is 17.5 Å². The molecule has 0 amide bonds. The van der Waals surface area contributed by atoms with Gasteiger partial charge in [-0.05, 0) is 6.42 Å². The first kappa shape index (κ1) is 9.77. The molecule has 3 heteroatoms. The Bertz CT molecular complexity index is 125. The summed E-state index contributed by atoms with van der Waals surface area (Å²) in [4.78, 5) is 0. The van der Waals surface area contributed by atoms with Crippen molar-refractivity contribution in [3.05, 3.63) is 0 Å². The van der Waals surface area contributed by atoms with Crippen LogP contribution in [0.5, 0.6) is 0 Å². The van der Waals surface area contributed by atoms with Gasteiger partial charge in [-0.25, -0.2) is 0 Å². The van der Waals surface area contributed by atoms with Crippen LogP contribution in [0.1, 0.15) is 12.8 Å². The van der Waals surface area contributed by atoms with Gasteiger partial charge in [0.05, 0.1) is 6.61 Å². The lowest BCUT2D eigenvalue weighted by Gasteiger charge is -1.92. The van der Waals surface area contributed by atoms with Gasteiger partial charge in [0.25, 0.3) is 0 Å². The minimum atomic E-state index is -0.893. The van der Waals surface area contributed by atoms with Crippen molar-refractivity contribution in [1.29, 1.82) is 0 Å². The summed E-state index contributed by atoms with van der Waals surface area (Å²) in [5.41, 5.74) is 0. The van der Waals surface area contributed by atoms with Crippen LogP contribution in [0.3, 0.4) is 0 Å². The molecule has 0 aromatic rings. The zero-order chi connectivity index (χ0) is 7.82. The molecule has 0 aliphatic rings. The fourth-order valence-corrected chi connectivity index (χ4v) is 0.524. The first-order valence-electron chi connectivity index (χ1n) is 3.14. The summed E-state index contributed by atoms with van der Waals surface area (Å²) in [6.45, 7) is -0.298. The van der Waals surface area contributed by atoms with Crippen LogP contribution in [0.4, 0.5) is 0 Å². The molecular weight excluding hydrogens is 152 g/mol. The molecule has 0 spiro atoms. The molecule has 1 atom stereocenters. The average Bonchev–Trinajstić information content (AvgIpc) is 1.98. The van der Waals surface area contributed by atoms with Gasteiger partial charge in [0.15, 0.2) is 0 Å². The Morgan fingerprint density at radius 1 is 1.50 bits per heavy atom. The van der Waals surface area contributed by atoms with Crippen molar-refractivity contribution in [3.8, 4) is 11.8 Å². The molecule has 0 fully saturated rings. The zero-order valence-electron chi connectivity index (χ0n) is 5.68. The zero-order valence-corrected chi connectivity index (χ0v) is 6.43. The van der Waals surface area contributed by atoms with Gasteiger partial charge < -0.3 is 10.2 Å². The SMILES string of the molecule is OCC(O)C#CCCCCl. The maximum atomic E-state index is 8.70. The Morgan fingerprint density at radius 2 is 2.20 bits per heavy atom. The highest BCUT2D eigenvalue weighted by molar-refractivity contribution is 6.17. The van der Waals surface area contributed by atoms with Gasteiger partial charge in [0, 0.05) is 12.3 Å². The summed E-state index contributed by atoms with van der Waals surface area (Å²) in [7, 11) is 0. The quantitative estimate of drug-likeness (QED) is 0.358. The van der Waals surface area contributed by atoms with Crippen molar-refractivity contribution in [2.24, 2.45) is 0 Å². The number of aliphatic hydroxyl groups excluding tert-OH is 2. The van der Waals surface area contributed by atoms with Crippen molar-refractivity contribution in [3.63, 3.8) is 0 Å². The second-order valence-corrected chi connectivity index (χ2v) is 2.19. The fraction of sp³-hybridized carbons (Fsp3) is 0.714. The number of rotatable bonds is 3. The van der Waals surface area contributed by atoms with E-state index in [9.17, 15) is 0 Å². The van der Waals surface area contributed by atoms with Crippen LogP contribution in [0, 0.1) is 11.8 Å². The molecule has 0 aliphatic carbocycles. The second-order valence-electron chi connectivity index (χ2n) is 1.81. The van der Waals surface area contributed by atoms with E-state index in [1.807, 2.05) is 0 Å². The molecule has 58 valence electrons. The molecule has 10 heavy (non-hydrogen) atoms. The molecule has 2 N–H and O–H groups in total. The van der Waals surface area contributed by atoms with E-state index >= 15 is 0 Å². The number of alkyl halides is 1. The van der Waals surface area contributed by atoms with Crippen LogP contribution in [0.2, 0.25) is 0 Å². The highest BCUT2D eigenvalue weighted by Gasteiger charge is 1.91. The lowest BCUT2D eigenvalue weighted by molar-refractivity contribution is 0.138. The molecule has 0 bridgehead atoms. The minimum absolute atomic E-state index is 0.298. The molecule has 0 rings (SSSR count). The van der Waals surface area contributed by atoms with Gasteiger partial charge in [0.1, 0.15) is 6.10 Å². The Labute approximate surface area is 65.8 Å². The summed E-state index contributed by atoms with van der Waals surface area (Å²) in [5.74, 6) is 5.74. The largest absolute Gasteiger partial charge is 0.393 e. The fourth-order valence-electron chi connectivity index (χ4n) is 0.391. The summed E-state index contributed by atoms with van der Waals surface area (Å²) in [6, 6.07) is 0. The number of halogens is 1. The minimum Gasteiger partial charge on any atom is -0.393 e. The third-order valence-electron chi connectivity index (χ3n) is 0.877. The average molecular weight is 163 g/mol. The molecule has 0 aliphatic heterocycles. The number of aliphatic hydroxyl groups is 2. The molecule has 2 nitrogen and oxygen atoms in total. The number of hydrogen-bond donors (Lipinski definition) is 2. The molecule has 1 unspecified atom stereocenters. The predicted octanol–water partition coefficient (Wildman–Crippen LogP) is 0.362.